The molecule has 0 atom stereocenters. The van der Waals surface area contributed by atoms with Gasteiger partial charge >= 0.3 is 0 Å². The van der Waals surface area contributed by atoms with Gasteiger partial charge < -0.3 is 15.5 Å². The van der Waals surface area contributed by atoms with Crippen LogP contribution in [-0.4, -0.2) is 52.7 Å². The highest BCUT2D eigenvalue weighted by Gasteiger charge is 2.40. The van der Waals surface area contributed by atoms with Gasteiger partial charge in [0.1, 0.15) is 0 Å². The van der Waals surface area contributed by atoms with Crippen LogP contribution in [0.15, 0.2) is 18.3 Å². The van der Waals surface area contributed by atoms with Crippen LogP contribution in [0, 0.1) is 0 Å². The number of aromatic nitrogens is 2. The van der Waals surface area contributed by atoms with Gasteiger partial charge in [0.25, 0.3) is 0 Å². The van der Waals surface area contributed by atoms with Gasteiger partial charge in [-0.15, -0.1) is 5.10 Å². The molecule has 20 heavy (non-hydrogen) atoms. The van der Waals surface area contributed by atoms with Crippen molar-refractivity contribution in [1.29, 1.82) is 0 Å². The molecule has 2 heterocycles. The molecular formula is C14H21N5O. The van der Waals surface area contributed by atoms with E-state index in [2.05, 4.69) is 15.1 Å². The van der Waals surface area contributed by atoms with E-state index in [1.165, 1.54) is 0 Å². The van der Waals surface area contributed by atoms with E-state index >= 15 is 0 Å². The van der Waals surface area contributed by atoms with Crippen LogP contribution in [0.2, 0.25) is 0 Å². The van der Waals surface area contributed by atoms with Gasteiger partial charge in [-0.25, -0.2) is 0 Å². The zero-order chi connectivity index (χ0) is 14.0. The highest BCUT2D eigenvalue weighted by Crippen LogP contribution is 2.29. The topological polar surface area (TPSA) is 75.4 Å². The number of piperazine rings is 1. The third-order valence-corrected chi connectivity index (χ3v) is 4.37. The first kappa shape index (κ1) is 13.3. The van der Waals surface area contributed by atoms with Crippen molar-refractivity contribution in [3.63, 3.8) is 0 Å². The highest BCUT2D eigenvalue weighted by atomic mass is 16.2. The Labute approximate surface area is 118 Å². The second-order valence-electron chi connectivity index (χ2n) is 5.72. The minimum Gasteiger partial charge on any atom is -0.352 e. The Bertz CT molecular complexity index is 464. The summed E-state index contributed by atoms with van der Waals surface area (Å²) in [5.74, 6) is 1.01. The molecule has 0 bridgehead atoms. The average molecular weight is 275 g/mol. The third-order valence-electron chi connectivity index (χ3n) is 4.37. The molecule has 0 unspecified atom stereocenters. The van der Waals surface area contributed by atoms with E-state index in [0.29, 0.717) is 13.1 Å². The lowest BCUT2D eigenvalue weighted by Crippen LogP contribution is -2.58. The van der Waals surface area contributed by atoms with Crippen LogP contribution < -0.4 is 10.6 Å². The summed E-state index contributed by atoms with van der Waals surface area (Å²) in [7, 11) is 0. The van der Waals surface area contributed by atoms with Crippen LogP contribution in [-0.2, 0) is 4.79 Å². The number of rotatable bonds is 2. The number of carbonyl (C=O) groups excluding carboxylic acids is 1. The molecule has 1 aromatic rings. The maximum atomic E-state index is 12.5. The van der Waals surface area contributed by atoms with Gasteiger partial charge in [0.15, 0.2) is 5.82 Å². The van der Waals surface area contributed by atoms with Gasteiger partial charge in [-0.3, -0.25) is 4.79 Å². The number of hydrogen-bond donors (Lipinski definition) is 1. The highest BCUT2D eigenvalue weighted by molar-refractivity contribution is 5.86. The molecule has 2 N–H and O–H groups in total. The van der Waals surface area contributed by atoms with Crippen LogP contribution in [0.25, 0.3) is 0 Å². The summed E-state index contributed by atoms with van der Waals surface area (Å²) in [6.07, 6.45) is 5.47. The molecule has 3 rings (SSSR count). The first-order valence-electron chi connectivity index (χ1n) is 7.30. The van der Waals surface area contributed by atoms with Crippen molar-refractivity contribution < 1.29 is 4.79 Å². The third kappa shape index (κ3) is 2.47. The molecule has 1 aromatic heterocycles. The molecule has 0 aromatic carbocycles. The van der Waals surface area contributed by atoms with E-state index in [-0.39, 0.29) is 5.91 Å². The SMILES string of the molecule is NC1(C(=O)N2CCN(c3cccnn3)CC2)CCCC1. The maximum Gasteiger partial charge on any atom is 0.242 e. The zero-order valence-corrected chi connectivity index (χ0v) is 11.7. The lowest BCUT2D eigenvalue weighted by Gasteiger charge is -2.38. The van der Waals surface area contributed by atoms with E-state index in [9.17, 15) is 4.79 Å². The average Bonchev–Trinajstić information content (AvgIpc) is 2.96. The number of nitrogens with zero attached hydrogens (tertiary/aromatic N) is 4. The van der Waals surface area contributed by atoms with Gasteiger partial charge in [0.2, 0.25) is 5.91 Å². The standard InChI is InChI=1S/C14H21N5O/c15-14(5-1-2-6-14)13(20)19-10-8-18(9-11-19)12-4-3-7-16-17-12/h3-4,7H,1-2,5-6,8-11,15H2. The van der Waals surface area contributed by atoms with Crippen molar-refractivity contribution >= 4 is 11.7 Å². The lowest BCUT2D eigenvalue weighted by molar-refractivity contribution is -0.137. The van der Waals surface area contributed by atoms with Gasteiger partial charge in [-0.2, -0.15) is 5.10 Å². The maximum absolute atomic E-state index is 12.5. The van der Waals surface area contributed by atoms with Crippen LogP contribution >= 0.6 is 0 Å². The van der Waals surface area contributed by atoms with Crippen molar-refractivity contribution in [3.8, 4) is 0 Å². The zero-order valence-electron chi connectivity index (χ0n) is 11.7. The molecule has 0 radical (unpaired) electrons. The Balaban J connectivity index is 1.60. The van der Waals surface area contributed by atoms with E-state index in [4.69, 9.17) is 5.73 Å². The quantitative estimate of drug-likeness (QED) is 0.845. The molecule has 1 aliphatic carbocycles. The van der Waals surface area contributed by atoms with Crippen molar-refractivity contribution in [1.82, 2.24) is 15.1 Å². The van der Waals surface area contributed by atoms with Gasteiger partial charge in [-0.05, 0) is 25.0 Å². The van der Waals surface area contributed by atoms with E-state index in [1.54, 1.807) is 6.20 Å². The normalized spacial score (nSPS) is 22.1. The van der Waals surface area contributed by atoms with Crippen molar-refractivity contribution in [2.75, 3.05) is 31.1 Å². The second-order valence-corrected chi connectivity index (χ2v) is 5.72. The molecule has 2 aliphatic rings. The molecule has 1 aliphatic heterocycles. The molecule has 6 nitrogen and oxygen atoms in total. The van der Waals surface area contributed by atoms with Crippen LogP contribution in [0.3, 0.4) is 0 Å². The smallest absolute Gasteiger partial charge is 0.242 e. The Morgan fingerprint density at radius 2 is 1.90 bits per heavy atom. The van der Waals surface area contributed by atoms with Crippen molar-refractivity contribution in [2.24, 2.45) is 5.73 Å². The second kappa shape index (κ2) is 5.36. The van der Waals surface area contributed by atoms with Gasteiger partial charge in [0, 0.05) is 32.4 Å². The largest absolute Gasteiger partial charge is 0.352 e. The number of hydrogen-bond acceptors (Lipinski definition) is 5. The van der Waals surface area contributed by atoms with Crippen molar-refractivity contribution in [2.45, 2.75) is 31.2 Å². The molecule has 0 spiro atoms. The monoisotopic (exact) mass is 275 g/mol. The lowest BCUT2D eigenvalue weighted by atomic mass is 9.97. The fourth-order valence-corrected chi connectivity index (χ4v) is 3.14. The minimum absolute atomic E-state index is 0.133. The Morgan fingerprint density at radius 1 is 1.20 bits per heavy atom. The van der Waals surface area contributed by atoms with E-state index in [0.717, 1.165) is 44.6 Å². The molecule has 6 heteroatoms. The molecule has 108 valence electrons. The summed E-state index contributed by atoms with van der Waals surface area (Å²) in [6.45, 7) is 3.02. The van der Waals surface area contributed by atoms with Gasteiger partial charge in [0.05, 0.1) is 5.54 Å². The minimum atomic E-state index is -0.602. The van der Waals surface area contributed by atoms with Crippen LogP contribution in [0.4, 0.5) is 5.82 Å². The summed E-state index contributed by atoms with van der Waals surface area (Å²) in [6, 6.07) is 3.83. The summed E-state index contributed by atoms with van der Waals surface area (Å²) in [4.78, 5) is 16.6. The summed E-state index contributed by atoms with van der Waals surface area (Å²) in [5.41, 5.74) is 5.65. The molecule has 1 saturated carbocycles. The van der Waals surface area contributed by atoms with Crippen LogP contribution in [0.1, 0.15) is 25.7 Å². The molecule has 1 saturated heterocycles. The van der Waals surface area contributed by atoms with Crippen molar-refractivity contribution in [3.05, 3.63) is 18.3 Å². The first-order valence-corrected chi connectivity index (χ1v) is 7.30. The number of anilines is 1. The molecular weight excluding hydrogens is 254 g/mol. The number of amides is 1. The predicted octanol–water partition coefficient (Wildman–Crippen LogP) is 0.397. The summed E-state index contributed by atoms with van der Waals surface area (Å²) >= 11 is 0. The summed E-state index contributed by atoms with van der Waals surface area (Å²) < 4.78 is 0. The Kier molecular flexibility index (Phi) is 3.56. The number of carbonyl (C=O) groups is 1. The van der Waals surface area contributed by atoms with Crippen LogP contribution in [0.5, 0.6) is 0 Å². The summed E-state index contributed by atoms with van der Waals surface area (Å²) in [5, 5.41) is 8.01. The Hall–Kier alpha value is -1.69. The first-order chi connectivity index (χ1) is 9.69. The fraction of sp³-hybridized carbons (Fsp3) is 0.643. The van der Waals surface area contributed by atoms with Gasteiger partial charge in [-0.1, -0.05) is 12.8 Å². The Morgan fingerprint density at radius 3 is 2.50 bits per heavy atom. The van der Waals surface area contributed by atoms with E-state index < -0.39 is 5.54 Å². The number of nitrogens with two attached hydrogens (primary N) is 1. The molecule has 1 amide bonds. The molecule has 2 fully saturated rings. The fourth-order valence-electron chi connectivity index (χ4n) is 3.14. The van der Waals surface area contributed by atoms with E-state index in [1.807, 2.05) is 17.0 Å². The predicted molar refractivity (Wildman–Crippen MR) is 76.2 cm³/mol.